The summed E-state index contributed by atoms with van der Waals surface area (Å²) in [5.74, 6) is -0.855. The summed E-state index contributed by atoms with van der Waals surface area (Å²) in [5, 5.41) is 40.6. The number of aromatic hydroxyl groups is 2. The van der Waals surface area contributed by atoms with Crippen molar-refractivity contribution >= 4 is 23.7 Å². The lowest BCUT2D eigenvalue weighted by Gasteiger charge is -2.10. The van der Waals surface area contributed by atoms with Crippen LogP contribution in [0.5, 0.6) is 11.5 Å². The maximum absolute atomic E-state index is 10.5. The van der Waals surface area contributed by atoms with E-state index in [1.807, 2.05) is 38.1 Å². The number of unbranched alkanes of at least 4 members (excludes halogenated alkanes) is 2. The van der Waals surface area contributed by atoms with Crippen molar-refractivity contribution < 1.29 is 30.0 Å². The molecule has 39 heavy (non-hydrogen) atoms. The lowest BCUT2D eigenvalue weighted by atomic mass is 9.98. The summed E-state index contributed by atoms with van der Waals surface area (Å²) in [6.07, 6.45) is 7.26. The molecule has 0 aliphatic rings. The van der Waals surface area contributed by atoms with Gasteiger partial charge in [0.2, 0.25) is 0 Å². The van der Waals surface area contributed by atoms with E-state index in [0.717, 1.165) is 71.9 Å². The fraction of sp³-hybridized carbons (Fsp3) is 0.438. The Bertz CT molecular complexity index is 978. The summed E-state index contributed by atoms with van der Waals surface area (Å²) >= 11 is 1.49. The number of benzene rings is 2. The lowest BCUT2D eigenvalue weighted by Crippen LogP contribution is -1.99. The van der Waals surface area contributed by atoms with E-state index in [0.29, 0.717) is 24.3 Å². The number of aryl methyl sites for hydroxylation is 6. The van der Waals surface area contributed by atoms with Crippen LogP contribution in [0.2, 0.25) is 0 Å². The van der Waals surface area contributed by atoms with Gasteiger partial charge in [0, 0.05) is 12.8 Å². The number of thioether (sulfide) groups is 1. The van der Waals surface area contributed by atoms with Crippen LogP contribution in [0, 0.1) is 13.8 Å². The molecule has 2 rings (SSSR count). The SMILES string of the molecule is C=CSC=C.CCCCc1cc(CCC(=O)O)cc(C)c1O.CCCCc1cc(CCC(=O)O)cc(C)c1O. The molecule has 216 valence electrons. The second-order valence-electron chi connectivity index (χ2n) is 9.30. The number of carboxylic acids is 2. The third-order valence-electron chi connectivity index (χ3n) is 5.93. The molecular weight excluding hydrogens is 512 g/mol. The molecule has 0 unspecified atom stereocenters. The summed E-state index contributed by atoms with van der Waals surface area (Å²) in [6, 6.07) is 7.60. The van der Waals surface area contributed by atoms with Crippen molar-refractivity contribution in [3.05, 3.63) is 81.6 Å². The van der Waals surface area contributed by atoms with Crippen LogP contribution in [-0.2, 0) is 35.3 Å². The van der Waals surface area contributed by atoms with E-state index in [-0.39, 0.29) is 12.8 Å². The first-order chi connectivity index (χ1) is 18.5. The van der Waals surface area contributed by atoms with Gasteiger partial charge in [-0.3, -0.25) is 9.59 Å². The number of phenolic OH excluding ortho intramolecular Hbond substituents is 2. The number of carboxylic acid groups (broad SMARTS) is 2. The van der Waals surface area contributed by atoms with Gasteiger partial charge < -0.3 is 20.4 Å². The van der Waals surface area contributed by atoms with Gasteiger partial charge in [0.25, 0.3) is 0 Å². The van der Waals surface area contributed by atoms with E-state index in [2.05, 4.69) is 27.0 Å². The van der Waals surface area contributed by atoms with Crippen LogP contribution in [0.3, 0.4) is 0 Å². The van der Waals surface area contributed by atoms with E-state index in [1.54, 1.807) is 10.8 Å². The van der Waals surface area contributed by atoms with Crippen LogP contribution in [0.15, 0.2) is 48.2 Å². The fourth-order valence-corrected chi connectivity index (χ4v) is 3.98. The summed E-state index contributed by atoms with van der Waals surface area (Å²) < 4.78 is 0. The Labute approximate surface area is 238 Å². The van der Waals surface area contributed by atoms with Crippen molar-refractivity contribution in [2.24, 2.45) is 0 Å². The summed E-state index contributed by atoms with van der Waals surface area (Å²) in [4.78, 5) is 21.1. The number of phenols is 2. The molecule has 6 nitrogen and oxygen atoms in total. The molecule has 0 saturated carbocycles. The van der Waals surface area contributed by atoms with Crippen LogP contribution in [-0.4, -0.2) is 32.4 Å². The highest BCUT2D eigenvalue weighted by molar-refractivity contribution is 8.04. The average Bonchev–Trinajstić information content (AvgIpc) is 2.89. The zero-order valence-electron chi connectivity index (χ0n) is 24.0. The van der Waals surface area contributed by atoms with E-state index in [1.165, 1.54) is 11.8 Å². The highest BCUT2D eigenvalue weighted by Crippen LogP contribution is 2.27. The lowest BCUT2D eigenvalue weighted by molar-refractivity contribution is -0.138. The second kappa shape index (κ2) is 20.7. The van der Waals surface area contributed by atoms with Gasteiger partial charge in [-0.2, -0.15) is 0 Å². The van der Waals surface area contributed by atoms with Crippen molar-refractivity contribution in [2.45, 2.75) is 91.9 Å². The number of aliphatic carboxylic acids is 2. The topological polar surface area (TPSA) is 115 Å². The molecule has 0 saturated heterocycles. The highest BCUT2D eigenvalue weighted by atomic mass is 32.2. The van der Waals surface area contributed by atoms with E-state index < -0.39 is 11.9 Å². The van der Waals surface area contributed by atoms with Gasteiger partial charge >= 0.3 is 11.9 Å². The Kier molecular flexibility index (Phi) is 19.0. The molecule has 0 atom stereocenters. The van der Waals surface area contributed by atoms with E-state index in [4.69, 9.17) is 10.2 Å². The largest absolute Gasteiger partial charge is 0.507 e. The molecule has 0 bridgehead atoms. The number of hydrogen-bond acceptors (Lipinski definition) is 5. The maximum Gasteiger partial charge on any atom is 0.303 e. The van der Waals surface area contributed by atoms with Crippen LogP contribution < -0.4 is 0 Å². The molecule has 0 aromatic heterocycles. The van der Waals surface area contributed by atoms with Gasteiger partial charge in [-0.15, -0.1) is 11.8 Å². The number of hydrogen-bond donors (Lipinski definition) is 4. The minimum atomic E-state index is -0.786. The molecule has 0 aliphatic heterocycles. The normalized spacial score (nSPS) is 9.95. The minimum Gasteiger partial charge on any atom is -0.507 e. The van der Waals surface area contributed by atoms with Gasteiger partial charge in [-0.1, -0.05) is 64.1 Å². The molecular formula is C32H46O6S. The predicted molar refractivity (Wildman–Crippen MR) is 163 cm³/mol. The summed E-state index contributed by atoms with van der Waals surface area (Å²) in [7, 11) is 0. The Morgan fingerprint density at radius 3 is 1.33 bits per heavy atom. The molecule has 0 amide bonds. The summed E-state index contributed by atoms with van der Waals surface area (Å²) in [6.45, 7) is 14.8. The third-order valence-corrected chi connectivity index (χ3v) is 6.31. The molecule has 2 aromatic rings. The molecule has 4 N–H and O–H groups in total. The molecule has 0 heterocycles. The first-order valence-corrected chi connectivity index (χ1v) is 14.4. The quantitative estimate of drug-likeness (QED) is 0.185. The highest BCUT2D eigenvalue weighted by Gasteiger charge is 2.09. The molecule has 2 aromatic carbocycles. The van der Waals surface area contributed by atoms with Gasteiger partial charge in [0.05, 0.1) is 0 Å². The van der Waals surface area contributed by atoms with Gasteiger partial charge in [0.15, 0.2) is 0 Å². The van der Waals surface area contributed by atoms with Crippen LogP contribution in [0.1, 0.15) is 85.8 Å². The molecule has 0 spiro atoms. The second-order valence-corrected chi connectivity index (χ2v) is 10.2. The Morgan fingerprint density at radius 2 is 1.08 bits per heavy atom. The Morgan fingerprint density at radius 1 is 0.718 bits per heavy atom. The number of carbonyl (C=O) groups is 2. The van der Waals surface area contributed by atoms with Crippen molar-refractivity contribution in [1.82, 2.24) is 0 Å². The minimum absolute atomic E-state index is 0.136. The summed E-state index contributed by atoms with van der Waals surface area (Å²) in [5.41, 5.74) is 5.53. The molecule has 0 aliphatic carbocycles. The molecule has 0 radical (unpaired) electrons. The Hall–Kier alpha value is -3.19. The van der Waals surface area contributed by atoms with Crippen molar-refractivity contribution in [3.63, 3.8) is 0 Å². The predicted octanol–water partition coefficient (Wildman–Crippen LogP) is 8.13. The molecule has 7 heteroatoms. The first-order valence-electron chi connectivity index (χ1n) is 13.4. The average molecular weight is 559 g/mol. The maximum atomic E-state index is 10.5. The third kappa shape index (κ3) is 15.7. The standard InChI is InChI=1S/2C14H20O3.C4H6S/c2*1-3-4-5-12-9-11(6-7-13(15)16)8-10(2)14(12)17;1-3-5-4-2/h2*8-9,17H,3-7H2,1-2H3,(H,15,16);3-4H,1-2H2. The van der Waals surface area contributed by atoms with Crippen molar-refractivity contribution in [3.8, 4) is 11.5 Å². The van der Waals surface area contributed by atoms with E-state index in [9.17, 15) is 19.8 Å². The van der Waals surface area contributed by atoms with Crippen molar-refractivity contribution in [2.75, 3.05) is 0 Å². The monoisotopic (exact) mass is 558 g/mol. The zero-order valence-corrected chi connectivity index (χ0v) is 24.8. The van der Waals surface area contributed by atoms with Gasteiger partial charge in [0.1, 0.15) is 11.5 Å². The van der Waals surface area contributed by atoms with Crippen molar-refractivity contribution in [1.29, 1.82) is 0 Å². The van der Waals surface area contributed by atoms with E-state index >= 15 is 0 Å². The number of rotatable bonds is 14. The molecule has 0 fully saturated rings. The van der Waals surface area contributed by atoms with Crippen LogP contribution in [0.4, 0.5) is 0 Å². The first kappa shape index (κ1) is 35.8. The fourth-order valence-electron chi connectivity index (χ4n) is 3.84. The van der Waals surface area contributed by atoms with Gasteiger partial charge in [-0.25, -0.2) is 0 Å². The Balaban J connectivity index is 0.000000632. The smallest absolute Gasteiger partial charge is 0.303 e. The van der Waals surface area contributed by atoms with Gasteiger partial charge in [-0.05, 0) is 96.6 Å². The zero-order chi connectivity index (χ0) is 29.8. The van der Waals surface area contributed by atoms with Crippen LogP contribution >= 0.6 is 11.8 Å². The van der Waals surface area contributed by atoms with Crippen LogP contribution in [0.25, 0.3) is 0 Å².